The first kappa shape index (κ1) is 21.8. The van der Waals surface area contributed by atoms with Gasteiger partial charge in [-0.3, -0.25) is 4.79 Å². The van der Waals surface area contributed by atoms with Crippen molar-refractivity contribution in [3.05, 3.63) is 51.5 Å². The predicted molar refractivity (Wildman–Crippen MR) is 107 cm³/mol. The molecule has 1 amide bonds. The molecule has 0 saturated heterocycles. The van der Waals surface area contributed by atoms with Crippen LogP contribution in [0.3, 0.4) is 0 Å². The van der Waals surface area contributed by atoms with E-state index in [0.717, 1.165) is 0 Å². The Morgan fingerprint density at radius 3 is 2.37 bits per heavy atom. The zero-order valence-electron chi connectivity index (χ0n) is 14.4. The molecule has 2 N–H and O–H groups in total. The van der Waals surface area contributed by atoms with Crippen molar-refractivity contribution >= 4 is 56.4 Å². The van der Waals surface area contributed by atoms with Gasteiger partial charge in [0.2, 0.25) is 10.0 Å². The minimum atomic E-state index is -3.67. The number of amides is 1. The van der Waals surface area contributed by atoms with Crippen LogP contribution in [-0.2, 0) is 14.8 Å². The summed E-state index contributed by atoms with van der Waals surface area (Å²) in [5.41, 5.74) is 0.391. The largest absolute Gasteiger partial charge is 0.482 e. The van der Waals surface area contributed by atoms with Crippen LogP contribution in [0, 0.1) is 0 Å². The average Bonchev–Trinajstić information content (AvgIpc) is 2.55. The maximum Gasteiger partial charge on any atom is 0.262 e. The molecule has 27 heavy (non-hydrogen) atoms. The fourth-order valence-electron chi connectivity index (χ4n) is 2.06. The zero-order valence-corrected chi connectivity index (χ0v) is 17.5. The summed E-state index contributed by atoms with van der Waals surface area (Å²) in [4.78, 5) is 12.0. The summed E-state index contributed by atoms with van der Waals surface area (Å²) in [5, 5.41) is 3.39. The van der Waals surface area contributed by atoms with Gasteiger partial charge in [0.1, 0.15) is 5.75 Å². The molecule has 6 nitrogen and oxygen atoms in total. The van der Waals surface area contributed by atoms with Crippen LogP contribution in [-0.4, -0.2) is 27.0 Å². The van der Waals surface area contributed by atoms with Gasteiger partial charge in [0, 0.05) is 11.1 Å². The van der Waals surface area contributed by atoms with Gasteiger partial charge < -0.3 is 10.1 Å². The highest BCUT2D eigenvalue weighted by molar-refractivity contribution is 7.89. The van der Waals surface area contributed by atoms with Gasteiger partial charge in [-0.05, 0) is 50.2 Å². The molecule has 0 fully saturated rings. The van der Waals surface area contributed by atoms with Crippen LogP contribution in [0.1, 0.15) is 13.8 Å². The fourth-order valence-corrected chi connectivity index (χ4v) is 4.10. The molecule has 2 aromatic carbocycles. The van der Waals surface area contributed by atoms with Crippen molar-refractivity contribution in [3.63, 3.8) is 0 Å². The summed E-state index contributed by atoms with van der Waals surface area (Å²) in [6.45, 7) is 3.08. The molecule has 2 aromatic rings. The Kier molecular flexibility index (Phi) is 7.36. The molecule has 2 rings (SSSR count). The van der Waals surface area contributed by atoms with Gasteiger partial charge in [-0.1, -0.05) is 34.8 Å². The van der Waals surface area contributed by atoms with Gasteiger partial charge in [0.05, 0.1) is 20.6 Å². The smallest absolute Gasteiger partial charge is 0.262 e. The molecule has 0 bridgehead atoms. The lowest BCUT2D eigenvalue weighted by Crippen LogP contribution is -2.30. The Labute approximate surface area is 172 Å². The molecule has 146 valence electrons. The van der Waals surface area contributed by atoms with Gasteiger partial charge >= 0.3 is 0 Å². The second-order valence-corrected chi connectivity index (χ2v) is 8.79. The maximum atomic E-state index is 12.1. The summed E-state index contributed by atoms with van der Waals surface area (Å²) in [5.74, 6) is -0.286. The molecule has 0 saturated carbocycles. The molecule has 0 radical (unpaired) electrons. The van der Waals surface area contributed by atoms with Crippen LogP contribution in [0.25, 0.3) is 0 Å². The Balaban J connectivity index is 2.02. The average molecular weight is 452 g/mol. The Hall–Kier alpha value is -1.51. The van der Waals surface area contributed by atoms with Crippen LogP contribution in [0.5, 0.6) is 5.75 Å². The molecule has 0 aliphatic rings. The number of rotatable bonds is 7. The number of carbonyl (C=O) groups excluding carboxylic acids is 1. The van der Waals surface area contributed by atoms with Gasteiger partial charge in [0.15, 0.2) is 6.61 Å². The molecule has 0 atom stereocenters. The van der Waals surface area contributed by atoms with Crippen LogP contribution in [0.2, 0.25) is 15.1 Å². The quantitative estimate of drug-likeness (QED) is 0.655. The van der Waals surface area contributed by atoms with Gasteiger partial charge in [-0.25, -0.2) is 13.1 Å². The summed E-state index contributed by atoms with van der Waals surface area (Å²) < 4.78 is 32.1. The number of hydrogen-bond acceptors (Lipinski definition) is 4. The van der Waals surface area contributed by atoms with E-state index in [-0.39, 0.29) is 28.3 Å². The first-order valence-corrected chi connectivity index (χ1v) is 10.4. The highest BCUT2D eigenvalue weighted by Gasteiger charge is 2.17. The molecule has 0 aliphatic heterocycles. The second-order valence-electron chi connectivity index (χ2n) is 5.83. The SMILES string of the molecule is CC(C)NS(=O)(=O)c1ccc(OCC(=O)Nc2ccc(Cl)cc2Cl)c(Cl)c1. The van der Waals surface area contributed by atoms with E-state index in [2.05, 4.69) is 10.0 Å². The Morgan fingerprint density at radius 1 is 1.07 bits per heavy atom. The predicted octanol–water partition coefficient (Wildman–Crippen LogP) is 4.35. The second kappa shape index (κ2) is 9.12. The van der Waals surface area contributed by atoms with Crippen molar-refractivity contribution in [2.24, 2.45) is 0 Å². The zero-order chi connectivity index (χ0) is 20.2. The number of benzene rings is 2. The number of carbonyl (C=O) groups is 1. The normalized spacial score (nSPS) is 11.5. The van der Waals surface area contributed by atoms with E-state index in [1.54, 1.807) is 26.0 Å². The summed E-state index contributed by atoms with van der Waals surface area (Å²) in [7, 11) is -3.67. The van der Waals surface area contributed by atoms with Crippen molar-refractivity contribution < 1.29 is 17.9 Å². The first-order valence-electron chi connectivity index (χ1n) is 7.78. The van der Waals surface area contributed by atoms with E-state index in [4.69, 9.17) is 39.5 Å². The van der Waals surface area contributed by atoms with Crippen molar-refractivity contribution in [3.8, 4) is 5.75 Å². The highest BCUT2D eigenvalue weighted by Crippen LogP contribution is 2.28. The Morgan fingerprint density at radius 2 is 1.78 bits per heavy atom. The molecule has 0 aliphatic carbocycles. The monoisotopic (exact) mass is 450 g/mol. The molecule has 0 heterocycles. The van der Waals surface area contributed by atoms with E-state index < -0.39 is 15.9 Å². The minimum Gasteiger partial charge on any atom is -0.482 e. The molecular weight excluding hydrogens is 435 g/mol. The standard InChI is InChI=1S/C17H17Cl3N2O4S/c1-10(2)22-27(24,25)12-4-6-16(14(20)8-12)26-9-17(23)21-15-5-3-11(18)7-13(15)19/h3-8,10,22H,9H2,1-2H3,(H,21,23). The number of nitrogens with one attached hydrogen (secondary N) is 2. The Bertz CT molecular complexity index is 949. The van der Waals surface area contributed by atoms with Crippen LogP contribution in [0.15, 0.2) is 41.3 Å². The highest BCUT2D eigenvalue weighted by atomic mass is 35.5. The van der Waals surface area contributed by atoms with Gasteiger partial charge in [-0.2, -0.15) is 0 Å². The van der Waals surface area contributed by atoms with Crippen LogP contribution < -0.4 is 14.8 Å². The van der Waals surface area contributed by atoms with Crippen molar-refractivity contribution in [2.75, 3.05) is 11.9 Å². The third-order valence-corrected chi connectivity index (χ3v) is 5.67. The number of anilines is 1. The number of hydrogen-bond donors (Lipinski definition) is 2. The fraction of sp³-hybridized carbons (Fsp3) is 0.235. The molecule has 0 unspecified atom stereocenters. The lowest BCUT2D eigenvalue weighted by atomic mass is 10.3. The molecule has 0 aromatic heterocycles. The van der Waals surface area contributed by atoms with Crippen molar-refractivity contribution in [1.29, 1.82) is 0 Å². The van der Waals surface area contributed by atoms with E-state index in [1.807, 2.05) is 0 Å². The number of ether oxygens (including phenoxy) is 1. The molecular formula is C17H17Cl3N2O4S. The third kappa shape index (κ3) is 6.26. The lowest BCUT2D eigenvalue weighted by Gasteiger charge is -2.12. The lowest BCUT2D eigenvalue weighted by molar-refractivity contribution is -0.118. The first-order chi connectivity index (χ1) is 12.6. The number of halogens is 3. The third-order valence-electron chi connectivity index (χ3n) is 3.17. The van der Waals surface area contributed by atoms with Gasteiger partial charge in [-0.15, -0.1) is 0 Å². The number of sulfonamides is 1. The van der Waals surface area contributed by atoms with E-state index in [0.29, 0.717) is 15.7 Å². The van der Waals surface area contributed by atoms with E-state index in [9.17, 15) is 13.2 Å². The summed E-state index contributed by atoms with van der Waals surface area (Å²) >= 11 is 17.9. The topological polar surface area (TPSA) is 84.5 Å². The van der Waals surface area contributed by atoms with Crippen LogP contribution in [0.4, 0.5) is 5.69 Å². The van der Waals surface area contributed by atoms with E-state index >= 15 is 0 Å². The summed E-state index contributed by atoms with van der Waals surface area (Å²) in [6, 6.07) is 8.39. The minimum absolute atomic E-state index is 0.00551. The summed E-state index contributed by atoms with van der Waals surface area (Å²) in [6.07, 6.45) is 0. The molecule has 10 heteroatoms. The van der Waals surface area contributed by atoms with E-state index in [1.165, 1.54) is 24.3 Å². The molecule has 0 spiro atoms. The maximum absolute atomic E-state index is 12.1. The van der Waals surface area contributed by atoms with Crippen molar-refractivity contribution in [1.82, 2.24) is 4.72 Å². The van der Waals surface area contributed by atoms with Gasteiger partial charge in [0.25, 0.3) is 5.91 Å². The van der Waals surface area contributed by atoms with Crippen LogP contribution >= 0.6 is 34.8 Å². The van der Waals surface area contributed by atoms with Crippen molar-refractivity contribution in [2.45, 2.75) is 24.8 Å².